The first-order chi connectivity index (χ1) is 8.93. The van der Waals surface area contributed by atoms with Gasteiger partial charge in [-0.15, -0.1) is 0 Å². The van der Waals surface area contributed by atoms with E-state index >= 15 is 0 Å². The van der Waals surface area contributed by atoms with E-state index in [1.807, 2.05) is 0 Å². The summed E-state index contributed by atoms with van der Waals surface area (Å²) < 4.78 is 0. The standard InChI is InChI=1S/C16H30N2/c1-2-7-15(8-3-1)17-11-13-18-12-10-14-6-4-5-9-16(14)18/h14-17H,1-13H2. The molecule has 0 aromatic rings. The van der Waals surface area contributed by atoms with E-state index in [0.29, 0.717) is 0 Å². The van der Waals surface area contributed by atoms with Crippen LogP contribution in [0.1, 0.15) is 64.2 Å². The van der Waals surface area contributed by atoms with E-state index in [-0.39, 0.29) is 0 Å². The van der Waals surface area contributed by atoms with Crippen LogP contribution in [0.25, 0.3) is 0 Å². The summed E-state index contributed by atoms with van der Waals surface area (Å²) in [7, 11) is 0. The summed E-state index contributed by atoms with van der Waals surface area (Å²) in [6.07, 6.45) is 14.7. The van der Waals surface area contributed by atoms with Gasteiger partial charge in [-0.3, -0.25) is 4.90 Å². The molecule has 2 unspecified atom stereocenters. The van der Waals surface area contributed by atoms with Crippen LogP contribution in [0.2, 0.25) is 0 Å². The van der Waals surface area contributed by atoms with Gasteiger partial charge in [0.2, 0.25) is 0 Å². The maximum atomic E-state index is 3.80. The highest BCUT2D eigenvalue weighted by Crippen LogP contribution is 2.35. The second-order valence-corrected chi connectivity index (χ2v) is 6.73. The first-order valence-electron chi connectivity index (χ1n) is 8.41. The van der Waals surface area contributed by atoms with Crippen LogP contribution in [0.3, 0.4) is 0 Å². The summed E-state index contributed by atoms with van der Waals surface area (Å²) in [5.41, 5.74) is 0. The fourth-order valence-corrected chi connectivity index (χ4v) is 4.50. The molecule has 2 nitrogen and oxygen atoms in total. The Morgan fingerprint density at radius 2 is 1.61 bits per heavy atom. The zero-order chi connectivity index (χ0) is 12.2. The van der Waals surface area contributed by atoms with E-state index in [2.05, 4.69) is 10.2 Å². The molecule has 1 N–H and O–H groups in total. The highest BCUT2D eigenvalue weighted by Gasteiger charge is 2.34. The second kappa shape index (κ2) is 6.38. The van der Waals surface area contributed by atoms with Crippen LogP contribution in [0, 0.1) is 5.92 Å². The van der Waals surface area contributed by atoms with Crippen LogP contribution in [-0.2, 0) is 0 Å². The van der Waals surface area contributed by atoms with Gasteiger partial charge in [0.1, 0.15) is 0 Å². The third kappa shape index (κ3) is 3.08. The summed E-state index contributed by atoms with van der Waals surface area (Å²) in [5, 5.41) is 3.80. The minimum atomic E-state index is 0.837. The van der Waals surface area contributed by atoms with Crippen molar-refractivity contribution in [1.29, 1.82) is 0 Å². The molecule has 2 atom stereocenters. The van der Waals surface area contributed by atoms with Crippen molar-refractivity contribution in [2.24, 2.45) is 5.92 Å². The van der Waals surface area contributed by atoms with Crippen molar-refractivity contribution in [2.75, 3.05) is 19.6 Å². The molecule has 3 rings (SSSR count). The maximum Gasteiger partial charge on any atom is 0.0124 e. The Hall–Kier alpha value is -0.0800. The molecule has 0 bridgehead atoms. The molecule has 104 valence electrons. The predicted molar refractivity (Wildman–Crippen MR) is 76.8 cm³/mol. The molecule has 0 spiro atoms. The largest absolute Gasteiger partial charge is 0.313 e. The van der Waals surface area contributed by atoms with Gasteiger partial charge in [0.05, 0.1) is 0 Å². The third-order valence-electron chi connectivity index (χ3n) is 5.56. The normalized spacial score (nSPS) is 34.7. The number of hydrogen-bond donors (Lipinski definition) is 1. The van der Waals surface area contributed by atoms with Crippen molar-refractivity contribution in [3.63, 3.8) is 0 Å². The van der Waals surface area contributed by atoms with Crippen LogP contribution in [0.4, 0.5) is 0 Å². The fraction of sp³-hybridized carbons (Fsp3) is 1.00. The minimum Gasteiger partial charge on any atom is -0.313 e. The average Bonchev–Trinajstić information content (AvgIpc) is 2.84. The number of fused-ring (bicyclic) bond motifs is 1. The van der Waals surface area contributed by atoms with Gasteiger partial charge in [0.25, 0.3) is 0 Å². The van der Waals surface area contributed by atoms with Gasteiger partial charge in [-0.05, 0) is 44.6 Å². The van der Waals surface area contributed by atoms with Crippen LogP contribution < -0.4 is 5.32 Å². The van der Waals surface area contributed by atoms with Crippen LogP contribution in [0.15, 0.2) is 0 Å². The summed E-state index contributed by atoms with van der Waals surface area (Å²) in [6, 6.07) is 1.79. The van der Waals surface area contributed by atoms with Gasteiger partial charge < -0.3 is 5.32 Å². The van der Waals surface area contributed by atoms with Crippen LogP contribution in [-0.4, -0.2) is 36.6 Å². The van der Waals surface area contributed by atoms with Gasteiger partial charge in [-0.1, -0.05) is 32.1 Å². The fourth-order valence-electron chi connectivity index (χ4n) is 4.50. The first kappa shape index (κ1) is 12.9. The van der Waals surface area contributed by atoms with E-state index in [9.17, 15) is 0 Å². The third-order valence-corrected chi connectivity index (χ3v) is 5.56. The minimum absolute atomic E-state index is 0.837. The predicted octanol–water partition coefficient (Wildman–Crippen LogP) is 3.17. The lowest BCUT2D eigenvalue weighted by molar-refractivity contribution is 0.180. The molecule has 3 fully saturated rings. The van der Waals surface area contributed by atoms with Crippen LogP contribution in [0.5, 0.6) is 0 Å². The molecule has 2 saturated carbocycles. The summed E-state index contributed by atoms with van der Waals surface area (Å²) in [4.78, 5) is 2.79. The van der Waals surface area contributed by atoms with Crippen molar-refractivity contribution in [2.45, 2.75) is 76.3 Å². The summed E-state index contributed by atoms with van der Waals surface area (Å²) in [6.45, 7) is 3.91. The first-order valence-corrected chi connectivity index (χ1v) is 8.41. The highest BCUT2D eigenvalue weighted by atomic mass is 15.2. The zero-order valence-electron chi connectivity index (χ0n) is 11.9. The van der Waals surface area contributed by atoms with Crippen molar-refractivity contribution < 1.29 is 0 Å². The molecule has 0 amide bonds. The molecule has 3 aliphatic rings. The van der Waals surface area contributed by atoms with Crippen molar-refractivity contribution in [3.8, 4) is 0 Å². The van der Waals surface area contributed by atoms with E-state index < -0.39 is 0 Å². The molecular formula is C16H30N2. The summed E-state index contributed by atoms with van der Waals surface area (Å²) in [5.74, 6) is 1.05. The smallest absolute Gasteiger partial charge is 0.0124 e. The SMILES string of the molecule is C1CCC(NCCN2CCC3CCCCC32)CC1. The van der Waals surface area contributed by atoms with Gasteiger partial charge in [-0.25, -0.2) is 0 Å². The topological polar surface area (TPSA) is 15.3 Å². The Morgan fingerprint density at radius 3 is 2.50 bits per heavy atom. The number of nitrogens with one attached hydrogen (secondary N) is 1. The van der Waals surface area contributed by atoms with Gasteiger partial charge in [0, 0.05) is 25.2 Å². The van der Waals surface area contributed by atoms with Gasteiger partial charge >= 0.3 is 0 Å². The van der Waals surface area contributed by atoms with Gasteiger partial charge in [-0.2, -0.15) is 0 Å². The summed E-state index contributed by atoms with van der Waals surface area (Å²) >= 11 is 0. The lowest BCUT2D eigenvalue weighted by Gasteiger charge is -2.32. The van der Waals surface area contributed by atoms with E-state index in [1.54, 1.807) is 0 Å². The molecule has 1 aliphatic heterocycles. The lowest BCUT2D eigenvalue weighted by atomic mass is 9.85. The van der Waals surface area contributed by atoms with Crippen molar-refractivity contribution in [3.05, 3.63) is 0 Å². The number of nitrogens with zero attached hydrogens (tertiary/aromatic N) is 1. The maximum absolute atomic E-state index is 3.80. The number of hydrogen-bond acceptors (Lipinski definition) is 2. The van der Waals surface area contributed by atoms with E-state index in [1.165, 1.54) is 83.8 Å². The monoisotopic (exact) mass is 250 g/mol. The Morgan fingerprint density at radius 1 is 0.833 bits per heavy atom. The van der Waals surface area contributed by atoms with Crippen molar-refractivity contribution in [1.82, 2.24) is 10.2 Å². The Kier molecular flexibility index (Phi) is 4.58. The molecule has 0 aromatic heterocycles. The zero-order valence-corrected chi connectivity index (χ0v) is 11.9. The Bertz CT molecular complexity index is 247. The molecule has 1 saturated heterocycles. The Labute approximate surface area is 113 Å². The van der Waals surface area contributed by atoms with E-state index in [0.717, 1.165) is 18.0 Å². The molecular weight excluding hydrogens is 220 g/mol. The van der Waals surface area contributed by atoms with Crippen molar-refractivity contribution >= 4 is 0 Å². The quantitative estimate of drug-likeness (QED) is 0.824. The number of likely N-dealkylation sites (tertiary alicyclic amines) is 1. The molecule has 2 aliphatic carbocycles. The molecule has 1 heterocycles. The number of rotatable bonds is 4. The molecule has 0 radical (unpaired) electrons. The molecule has 2 heteroatoms. The second-order valence-electron chi connectivity index (χ2n) is 6.73. The van der Waals surface area contributed by atoms with Crippen LogP contribution >= 0.6 is 0 Å². The van der Waals surface area contributed by atoms with Gasteiger partial charge in [0.15, 0.2) is 0 Å². The lowest BCUT2D eigenvalue weighted by Crippen LogP contribution is -2.41. The Balaban J connectivity index is 1.37. The highest BCUT2D eigenvalue weighted by molar-refractivity contribution is 4.90. The molecule has 0 aromatic carbocycles. The molecule has 18 heavy (non-hydrogen) atoms. The average molecular weight is 250 g/mol. The van der Waals surface area contributed by atoms with E-state index in [4.69, 9.17) is 0 Å².